The minimum atomic E-state index is -0.0407. The van der Waals surface area contributed by atoms with Gasteiger partial charge < -0.3 is 23.8 Å². The molecule has 3 rings (SSSR count). The van der Waals surface area contributed by atoms with Gasteiger partial charge in [0.05, 0.1) is 32.9 Å². The number of hydrogen-bond acceptors (Lipinski definition) is 6. The first-order chi connectivity index (χ1) is 14.5. The lowest BCUT2D eigenvalue weighted by molar-refractivity contribution is 0.0627. The minimum absolute atomic E-state index is 0.0407. The van der Waals surface area contributed by atoms with Crippen LogP contribution in [-0.4, -0.2) is 70.3 Å². The van der Waals surface area contributed by atoms with Crippen molar-refractivity contribution < 1.29 is 23.7 Å². The van der Waals surface area contributed by atoms with Crippen LogP contribution < -0.4 is 18.9 Å². The van der Waals surface area contributed by atoms with Crippen molar-refractivity contribution in [2.75, 3.05) is 54.6 Å². The standard InChI is InChI=1S/C22H27BrN2O5/c1-27-18-6-5-15(11-17(18)23)14-24-7-9-25(10-8-24)22(26)16-12-19(28-2)21(30-4)20(13-16)29-3/h5-6,11-13H,7-10,14H2,1-4H3. The first kappa shape index (κ1) is 22.2. The van der Waals surface area contributed by atoms with Gasteiger partial charge in [0.1, 0.15) is 5.75 Å². The van der Waals surface area contributed by atoms with Crippen LogP contribution in [0.2, 0.25) is 0 Å². The first-order valence-corrected chi connectivity index (χ1v) is 10.4. The van der Waals surface area contributed by atoms with E-state index in [9.17, 15) is 4.79 Å². The number of amides is 1. The van der Waals surface area contributed by atoms with E-state index in [1.165, 1.54) is 5.56 Å². The molecule has 1 saturated heterocycles. The summed E-state index contributed by atoms with van der Waals surface area (Å²) < 4.78 is 22.3. The van der Waals surface area contributed by atoms with E-state index >= 15 is 0 Å². The van der Waals surface area contributed by atoms with Gasteiger partial charge in [0.2, 0.25) is 5.75 Å². The molecule has 1 heterocycles. The van der Waals surface area contributed by atoms with Gasteiger partial charge >= 0.3 is 0 Å². The van der Waals surface area contributed by atoms with E-state index in [4.69, 9.17) is 18.9 Å². The molecular weight excluding hydrogens is 452 g/mol. The molecule has 0 atom stereocenters. The van der Waals surface area contributed by atoms with Gasteiger partial charge in [0.15, 0.2) is 11.5 Å². The molecule has 162 valence electrons. The summed E-state index contributed by atoms with van der Waals surface area (Å²) in [5.74, 6) is 2.21. The Balaban J connectivity index is 1.65. The predicted octanol–water partition coefficient (Wildman–Crippen LogP) is 3.44. The van der Waals surface area contributed by atoms with E-state index in [0.29, 0.717) is 35.9 Å². The van der Waals surface area contributed by atoms with Gasteiger partial charge in [-0.2, -0.15) is 0 Å². The number of methoxy groups -OCH3 is 4. The van der Waals surface area contributed by atoms with Crippen LogP contribution in [0.4, 0.5) is 0 Å². The molecule has 1 fully saturated rings. The Kier molecular flexibility index (Phi) is 7.44. The molecule has 0 unspecified atom stereocenters. The maximum atomic E-state index is 13.1. The van der Waals surface area contributed by atoms with E-state index in [1.807, 2.05) is 11.0 Å². The number of carbonyl (C=O) groups excluding carboxylic acids is 1. The summed E-state index contributed by atoms with van der Waals surface area (Å²) in [5.41, 5.74) is 1.73. The molecule has 0 N–H and O–H groups in total. The third kappa shape index (κ3) is 4.82. The van der Waals surface area contributed by atoms with E-state index in [1.54, 1.807) is 40.6 Å². The van der Waals surface area contributed by atoms with Gasteiger partial charge in [-0.05, 0) is 45.8 Å². The number of ether oxygens (including phenoxy) is 4. The van der Waals surface area contributed by atoms with Crippen molar-refractivity contribution in [1.82, 2.24) is 9.80 Å². The van der Waals surface area contributed by atoms with Gasteiger partial charge in [-0.3, -0.25) is 9.69 Å². The smallest absolute Gasteiger partial charge is 0.254 e. The zero-order chi connectivity index (χ0) is 21.7. The second-order valence-corrected chi connectivity index (χ2v) is 7.81. The molecule has 8 heteroatoms. The van der Waals surface area contributed by atoms with Crippen molar-refractivity contribution in [2.24, 2.45) is 0 Å². The SMILES string of the molecule is COc1ccc(CN2CCN(C(=O)c3cc(OC)c(OC)c(OC)c3)CC2)cc1Br. The third-order valence-electron chi connectivity index (χ3n) is 5.19. The highest BCUT2D eigenvalue weighted by Gasteiger charge is 2.25. The van der Waals surface area contributed by atoms with Gasteiger partial charge in [-0.1, -0.05) is 6.07 Å². The van der Waals surface area contributed by atoms with Crippen LogP contribution in [0, 0.1) is 0 Å². The number of piperazine rings is 1. The van der Waals surface area contributed by atoms with Crippen LogP contribution in [0.5, 0.6) is 23.0 Å². The number of hydrogen-bond donors (Lipinski definition) is 0. The van der Waals surface area contributed by atoms with Crippen LogP contribution in [0.3, 0.4) is 0 Å². The van der Waals surface area contributed by atoms with Gasteiger partial charge in [0, 0.05) is 38.3 Å². The van der Waals surface area contributed by atoms with Crippen LogP contribution in [0.1, 0.15) is 15.9 Å². The van der Waals surface area contributed by atoms with Crippen molar-refractivity contribution in [3.63, 3.8) is 0 Å². The highest BCUT2D eigenvalue weighted by molar-refractivity contribution is 9.10. The number of halogens is 1. The zero-order valence-electron chi connectivity index (χ0n) is 17.7. The van der Waals surface area contributed by atoms with Crippen molar-refractivity contribution in [3.8, 4) is 23.0 Å². The number of benzene rings is 2. The molecule has 0 aliphatic carbocycles. The summed E-state index contributed by atoms with van der Waals surface area (Å²) in [6.07, 6.45) is 0. The van der Waals surface area contributed by atoms with E-state index in [-0.39, 0.29) is 5.91 Å². The largest absolute Gasteiger partial charge is 0.496 e. The molecule has 0 aromatic heterocycles. The number of nitrogens with zero attached hydrogens (tertiary/aromatic N) is 2. The Bertz CT molecular complexity index is 872. The molecule has 2 aromatic rings. The Morgan fingerprint density at radius 1 is 0.867 bits per heavy atom. The lowest BCUT2D eigenvalue weighted by Crippen LogP contribution is -2.48. The van der Waals surface area contributed by atoms with E-state index in [2.05, 4.69) is 33.0 Å². The van der Waals surface area contributed by atoms with E-state index < -0.39 is 0 Å². The average molecular weight is 479 g/mol. The maximum absolute atomic E-state index is 13.1. The highest BCUT2D eigenvalue weighted by atomic mass is 79.9. The second-order valence-electron chi connectivity index (χ2n) is 6.95. The van der Waals surface area contributed by atoms with Gasteiger partial charge in [0.25, 0.3) is 5.91 Å². The number of carbonyl (C=O) groups is 1. The first-order valence-electron chi connectivity index (χ1n) is 9.64. The Hall–Kier alpha value is -2.45. The Morgan fingerprint density at radius 2 is 1.47 bits per heavy atom. The summed E-state index contributed by atoms with van der Waals surface area (Å²) in [4.78, 5) is 17.3. The molecule has 1 amide bonds. The van der Waals surface area contributed by atoms with Crippen molar-refractivity contribution >= 4 is 21.8 Å². The van der Waals surface area contributed by atoms with Crippen molar-refractivity contribution in [1.29, 1.82) is 0 Å². The van der Waals surface area contributed by atoms with E-state index in [0.717, 1.165) is 29.9 Å². The summed E-state index contributed by atoms with van der Waals surface area (Å²) in [6.45, 7) is 3.76. The Morgan fingerprint density at radius 3 is 1.97 bits per heavy atom. The van der Waals surface area contributed by atoms with Crippen molar-refractivity contribution in [2.45, 2.75) is 6.54 Å². The Labute approximate surface area is 185 Å². The molecular formula is C22H27BrN2O5. The molecule has 0 radical (unpaired) electrons. The maximum Gasteiger partial charge on any atom is 0.254 e. The molecule has 1 aliphatic rings. The third-order valence-corrected chi connectivity index (χ3v) is 5.81. The highest BCUT2D eigenvalue weighted by Crippen LogP contribution is 2.38. The summed E-state index contributed by atoms with van der Waals surface area (Å²) in [5, 5.41) is 0. The normalized spacial score (nSPS) is 14.4. The zero-order valence-corrected chi connectivity index (χ0v) is 19.3. The van der Waals surface area contributed by atoms with Crippen LogP contribution in [0.15, 0.2) is 34.8 Å². The monoisotopic (exact) mass is 478 g/mol. The quantitative estimate of drug-likeness (QED) is 0.607. The van der Waals surface area contributed by atoms with Crippen LogP contribution >= 0.6 is 15.9 Å². The fraction of sp³-hybridized carbons (Fsp3) is 0.409. The second kappa shape index (κ2) is 10.0. The van der Waals surface area contributed by atoms with Gasteiger partial charge in [-0.15, -0.1) is 0 Å². The molecule has 1 aliphatic heterocycles. The van der Waals surface area contributed by atoms with Crippen molar-refractivity contribution in [3.05, 3.63) is 45.9 Å². The molecule has 0 bridgehead atoms. The van der Waals surface area contributed by atoms with Crippen LogP contribution in [-0.2, 0) is 6.54 Å². The molecule has 7 nitrogen and oxygen atoms in total. The molecule has 0 spiro atoms. The lowest BCUT2D eigenvalue weighted by Gasteiger charge is -2.35. The minimum Gasteiger partial charge on any atom is -0.496 e. The summed E-state index contributed by atoms with van der Waals surface area (Å²) in [7, 11) is 6.29. The fourth-order valence-corrected chi connectivity index (χ4v) is 4.15. The molecule has 30 heavy (non-hydrogen) atoms. The topological polar surface area (TPSA) is 60.5 Å². The molecule has 2 aromatic carbocycles. The lowest BCUT2D eigenvalue weighted by atomic mass is 10.1. The summed E-state index contributed by atoms with van der Waals surface area (Å²) >= 11 is 3.53. The summed E-state index contributed by atoms with van der Waals surface area (Å²) in [6, 6.07) is 9.50. The molecule has 0 saturated carbocycles. The average Bonchev–Trinajstić information content (AvgIpc) is 2.78. The van der Waals surface area contributed by atoms with Crippen LogP contribution in [0.25, 0.3) is 0 Å². The number of rotatable bonds is 7. The fourth-order valence-electron chi connectivity index (χ4n) is 3.56. The van der Waals surface area contributed by atoms with Gasteiger partial charge in [-0.25, -0.2) is 0 Å². The predicted molar refractivity (Wildman–Crippen MR) is 118 cm³/mol.